The largest absolute Gasteiger partial charge is 0.389 e. The van der Waals surface area contributed by atoms with Gasteiger partial charge in [0.2, 0.25) is 0 Å². The van der Waals surface area contributed by atoms with Gasteiger partial charge in [-0.05, 0) is 38.8 Å². The van der Waals surface area contributed by atoms with Gasteiger partial charge in [-0.1, -0.05) is 82.2 Å². The number of hydrogen-bond acceptors (Lipinski definition) is 2. The van der Waals surface area contributed by atoms with Gasteiger partial charge in [-0.25, -0.2) is 0 Å². The number of nitrogens with two attached hydrogens (primary N) is 1. The summed E-state index contributed by atoms with van der Waals surface area (Å²) in [6, 6.07) is 9.62. The van der Waals surface area contributed by atoms with Crippen LogP contribution in [0, 0.1) is 0 Å². The summed E-state index contributed by atoms with van der Waals surface area (Å²) in [6.45, 7) is 6.87. The molecule has 0 aliphatic heterocycles. The van der Waals surface area contributed by atoms with E-state index in [1.165, 1.54) is 51.4 Å². The third-order valence-corrected chi connectivity index (χ3v) is 4.75. The molecule has 0 amide bonds. The third kappa shape index (κ3) is 17.1. The van der Waals surface area contributed by atoms with Crippen molar-refractivity contribution in [2.75, 3.05) is 6.54 Å². The fraction of sp³-hybridized carbons (Fsp3) is 0.739. The SMILES string of the molecule is CC(CCC(F)(F)F)NC(C)c1ccccc1.CCCCCCCCCCN. The van der Waals surface area contributed by atoms with E-state index in [4.69, 9.17) is 5.73 Å². The van der Waals surface area contributed by atoms with E-state index in [-0.39, 0.29) is 18.5 Å². The highest BCUT2D eigenvalue weighted by Gasteiger charge is 2.27. The van der Waals surface area contributed by atoms with Gasteiger partial charge in [0.05, 0.1) is 0 Å². The van der Waals surface area contributed by atoms with Crippen molar-refractivity contribution in [2.45, 2.75) is 103 Å². The lowest BCUT2D eigenvalue weighted by atomic mass is 10.1. The first-order chi connectivity index (χ1) is 13.3. The quantitative estimate of drug-likeness (QED) is 0.344. The Bertz CT molecular complexity index is 441. The average molecular weight is 403 g/mol. The molecule has 164 valence electrons. The first-order valence-electron chi connectivity index (χ1n) is 10.9. The fourth-order valence-corrected chi connectivity index (χ4v) is 3.01. The van der Waals surface area contributed by atoms with E-state index < -0.39 is 12.6 Å². The first-order valence-corrected chi connectivity index (χ1v) is 10.9. The van der Waals surface area contributed by atoms with E-state index in [2.05, 4.69) is 12.2 Å². The number of unbranched alkanes of at least 4 members (excludes halogenated alkanes) is 7. The molecule has 1 aromatic rings. The van der Waals surface area contributed by atoms with Crippen molar-refractivity contribution in [3.63, 3.8) is 0 Å². The van der Waals surface area contributed by atoms with E-state index in [9.17, 15) is 13.2 Å². The number of halogens is 3. The highest BCUT2D eigenvalue weighted by atomic mass is 19.4. The van der Waals surface area contributed by atoms with Crippen LogP contribution >= 0.6 is 0 Å². The van der Waals surface area contributed by atoms with Gasteiger partial charge in [0.15, 0.2) is 0 Å². The van der Waals surface area contributed by atoms with Gasteiger partial charge in [-0.15, -0.1) is 0 Å². The first kappa shape index (κ1) is 26.9. The van der Waals surface area contributed by atoms with Crippen molar-refractivity contribution in [2.24, 2.45) is 5.73 Å². The van der Waals surface area contributed by atoms with Crippen molar-refractivity contribution in [3.05, 3.63) is 35.9 Å². The van der Waals surface area contributed by atoms with Gasteiger partial charge in [0.25, 0.3) is 0 Å². The fourth-order valence-electron chi connectivity index (χ4n) is 3.01. The van der Waals surface area contributed by atoms with Gasteiger partial charge in [-0.2, -0.15) is 13.2 Å². The van der Waals surface area contributed by atoms with Crippen molar-refractivity contribution in [1.82, 2.24) is 5.32 Å². The molecule has 2 unspecified atom stereocenters. The van der Waals surface area contributed by atoms with Crippen molar-refractivity contribution >= 4 is 0 Å². The van der Waals surface area contributed by atoms with Crippen LogP contribution in [0.4, 0.5) is 13.2 Å². The number of benzene rings is 1. The lowest BCUT2D eigenvalue weighted by molar-refractivity contribution is -0.136. The van der Waals surface area contributed by atoms with Crippen LogP contribution in [-0.2, 0) is 0 Å². The molecule has 2 atom stereocenters. The van der Waals surface area contributed by atoms with Gasteiger partial charge < -0.3 is 11.1 Å². The molecular weight excluding hydrogens is 361 g/mol. The monoisotopic (exact) mass is 402 g/mol. The molecule has 0 aromatic heterocycles. The summed E-state index contributed by atoms with van der Waals surface area (Å²) in [5.74, 6) is 0. The zero-order valence-corrected chi connectivity index (χ0v) is 18.0. The number of hydrogen-bond donors (Lipinski definition) is 2. The normalized spacial score (nSPS) is 13.5. The molecule has 5 heteroatoms. The minimum absolute atomic E-state index is 0.0689. The third-order valence-electron chi connectivity index (χ3n) is 4.75. The highest BCUT2D eigenvalue weighted by Crippen LogP contribution is 2.23. The predicted octanol–water partition coefficient (Wildman–Crippen LogP) is 7.15. The number of rotatable bonds is 13. The lowest BCUT2D eigenvalue weighted by Gasteiger charge is -2.20. The molecule has 0 aliphatic carbocycles. The van der Waals surface area contributed by atoms with Crippen LogP contribution in [0.15, 0.2) is 30.3 Å². The van der Waals surface area contributed by atoms with Crippen LogP contribution in [0.2, 0.25) is 0 Å². The summed E-state index contributed by atoms with van der Waals surface area (Å²) in [5, 5.41) is 3.17. The molecular formula is C23H41F3N2. The molecule has 0 aliphatic rings. The predicted molar refractivity (Wildman–Crippen MR) is 114 cm³/mol. The summed E-state index contributed by atoms with van der Waals surface area (Å²) < 4.78 is 36.1. The van der Waals surface area contributed by atoms with Gasteiger partial charge in [0.1, 0.15) is 0 Å². The summed E-state index contributed by atoms with van der Waals surface area (Å²) in [5.41, 5.74) is 6.48. The number of alkyl halides is 3. The van der Waals surface area contributed by atoms with E-state index in [1.807, 2.05) is 37.3 Å². The second-order valence-corrected chi connectivity index (χ2v) is 7.62. The molecule has 3 N–H and O–H groups in total. The maximum atomic E-state index is 12.0. The Morgan fingerprint density at radius 3 is 1.93 bits per heavy atom. The maximum Gasteiger partial charge on any atom is 0.389 e. The lowest BCUT2D eigenvalue weighted by Crippen LogP contribution is -2.30. The maximum absolute atomic E-state index is 12.0. The Kier molecular flexibility index (Phi) is 16.2. The Balaban J connectivity index is 0.000000576. The van der Waals surface area contributed by atoms with Crippen LogP contribution < -0.4 is 11.1 Å². The molecule has 0 saturated carbocycles. The van der Waals surface area contributed by atoms with E-state index in [0.29, 0.717) is 0 Å². The highest BCUT2D eigenvalue weighted by molar-refractivity contribution is 5.18. The molecule has 1 aromatic carbocycles. The van der Waals surface area contributed by atoms with Gasteiger partial charge in [0, 0.05) is 18.5 Å². The molecule has 0 radical (unpaired) electrons. The zero-order valence-electron chi connectivity index (χ0n) is 18.0. The summed E-state index contributed by atoms with van der Waals surface area (Å²) in [7, 11) is 0. The van der Waals surface area contributed by atoms with Gasteiger partial charge >= 0.3 is 6.18 Å². The summed E-state index contributed by atoms with van der Waals surface area (Å²) in [4.78, 5) is 0. The van der Waals surface area contributed by atoms with Crippen LogP contribution in [0.3, 0.4) is 0 Å². The smallest absolute Gasteiger partial charge is 0.330 e. The van der Waals surface area contributed by atoms with E-state index in [1.54, 1.807) is 6.92 Å². The van der Waals surface area contributed by atoms with Crippen molar-refractivity contribution < 1.29 is 13.2 Å². The molecule has 28 heavy (non-hydrogen) atoms. The van der Waals surface area contributed by atoms with Crippen LogP contribution in [0.25, 0.3) is 0 Å². The van der Waals surface area contributed by atoms with Crippen LogP contribution in [0.1, 0.15) is 96.6 Å². The summed E-state index contributed by atoms with van der Waals surface area (Å²) >= 11 is 0. The average Bonchev–Trinajstić information content (AvgIpc) is 2.66. The number of nitrogens with one attached hydrogen (secondary N) is 1. The Hall–Kier alpha value is -1.07. The van der Waals surface area contributed by atoms with Crippen molar-refractivity contribution in [3.8, 4) is 0 Å². The van der Waals surface area contributed by atoms with E-state index >= 15 is 0 Å². The standard InChI is InChI=1S/C13H18F3N.C10H23N/c1-10(8-9-13(14,15)16)17-11(2)12-6-4-3-5-7-12;1-2-3-4-5-6-7-8-9-10-11/h3-7,10-11,17H,8-9H2,1-2H3;2-11H2,1H3. The van der Waals surface area contributed by atoms with Crippen molar-refractivity contribution in [1.29, 1.82) is 0 Å². The molecule has 0 spiro atoms. The Labute approximate surface area is 170 Å². The van der Waals surface area contributed by atoms with Crippen LogP contribution in [-0.4, -0.2) is 18.8 Å². The Morgan fingerprint density at radius 2 is 1.43 bits per heavy atom. The second-order valence-electron chi connectivity index (χ2n) is 7.62. The summed E-state index contributed by atoms with van der Waals surface area (Å²) in [6.07, 6.45) is 6.30. The molecule has 2 nitrogen and oxygen atoms in total. The molecule has 0 saturated heterocycles. The molecule has 0 fully saturated rings. The molecule has 0 bridgehead atoms. The minimum atomic E-state index is -4.06. The minimum Gasteiger partial charge on any atom is -0.330 e. The molecule has 1 rings (SSSR count). The topological polar surface area (TPSA) is 38.0 Å². The van der Waals surface area contributed by atoms with Gasteiger partial charge in [-0.3, -0.25) is 0 Å². The Morgan fingerprint density at radius 1 is 0.893 bits per heavy atom. The van der Waals surface area contributed by atoms with E-state index in [0.717, 1.165) is 12.1 Å². The van der Waals surface area contributed by atoms with Crippen LogP contribution in [0.5, 0.6) is 0 Å². The molecule has 0 heterocycles. The second kappa shape index (κ2) is 16.8. The zero-order chi connectivity index (χ0) is 21.3.